The lowest BCUT2D eigenvalue weighted by atomic mass is 9.96. The standard InChI is InChI=1S/C13H24N2O2/c14-11-5-4-10(9-11)13(17)15-7-2-1-3-12(15)6-8-16/h10-12,16H,1-9,14H2. The molecule has 3 unspecified atom stereocenters. The Hall–Kier alpha value is -0.610. The fourth-order valence-electron chi connectivity index (χ4n) is 3.22. The molecule has 1 aliphatic heterocycles. The van der Waals surface area contributed by atoms with Crippen molar-refractivity contribution in [2.75, 3.05) is 13.2 Å². The molecular weight excluding hydrogens is 216 g/mol. The van der Waals surface area contributed by atoms with Crippen molar-refractivity contribution in [1.82, 2.24) is 4.90 Å². The Bertz CT molecular complexity index is 268. The zero-order valence-electron chi connectivity index (χ0n) is 10.5. The molecule has 98 valence electrons. The Morgan fingerprint density at radius 3 is 2.76 bits per heavy atom. The van der Waals surface area contributed by atoms with Crippen LogP contribution >= 0.6 is 0 Å². The second-order valence-corrected chi connectivity index (χ2v) is 5.46. The average Bonchev–Trinajstić information content (AvgIpc) is 2.76. The van der Waals surface area contributed by atoms with E-state index in [2.05, 4.69) is 0 Å². The van der Waals surface area contributed by atoms with E-state index in [9.17, 15) is 4.79 Å². The van der Waals surface area contributed by atoms with Gasteiger partial charge in [-0.2, -0.15) is 0 Å². The predicted molar refractivity (Wildman–Crippen MR) is 66.4 cm³/mol. The van der Waals surface area contributed by atoms with Crippen molar-refractivity contribution in [3.8, 4) is 0 Å². The Morgan fingerprint density at radius 2 is 2.12 bits per heavy atom. The van der Waals surface area contributed by atoms with Crippen molar-refractivity contribution in [3.63, 3.8) is 0 Å². The number of aliphatic hydroxyl groups is 1. The van der Waals surface area contributed by atoms with Gasteiger partial charge in [0.25, 0.3) is 0 Å². The number of piperidine rings is 1. The fraction of sp³-hybridized carbons (Fsp3) is 0.923. The summed E-state index contributed by atoms with van der Waals surface area (Å²) < 4.78 is 0. The minimum atomic E-state index is 0.143. The SMILES string of the molecule is NC1CCC(C(=O)N2CCCCC2CCO)C1. The van der Waals surface area contributed by atoms with E-state index in [-0.39, 0.29) is 30.5 Å². The molecule has 1 saturated heterocycles. The molecule has 1 saturated carbocycles. The van der Waals surface area contributed by atoms with Gasteiger partial charge in [-0.1, -0.05) is 0 Å². The Balaban J connectivity index is 1.95. The van der Waals surface area contributed by atoms with Gasteiger partial charge in [0.05, 0.1) is 0 Å². The first-order chi connectivity index (χ1) is 8.22. The Labute approximate surface area is 103 Å². The lowest BCUT2D eigenvalue weighted by Crippen LogP contribution is -2.46. The van der Waals surface area contributed by atoms with Crippen molar-refractivity contribution in [3.05, 3.63) is 0 Å². The van der Waals surface area contributed by atoms with Gasteiger partial charge in [0.2, 0.25) is 5.91 Å². The van der Waals surface area contributed by atoms with Crippen molar-refractivity contribution in [2.45, 2.75) is 57.0 Å². The van der Waals surface area contributed by atoms with Gasteiger partial charge in [-0.05, 0) is 44.9 Å². The van der Waals surface area contributed by atoms with Crippen molar-refractivity contribution >= 4 is 5.91 Å². The molecule has 2 rings (SSSR count). The largest absolute Gasteiger partial charge is 0.396 e. The summed E-state index contributed by atoms with van der Waals surface area (Å²) in [7, 11) is 0. The smallest absolute Gasteiger partial charge is 0.225 e. The van der Waals surface area contributed by atoms with Crippen molar-refractivity contribution in [2.24, 2.45) is 11.7 Å². The number of hydrogen-bond acceptors (Lipinski definition) is 3. The van der Waals surface area contributed by atoms with Crippen LogP contribution in [0.5, 0.6) is 0 Å². The minimum absolute atomic E-state index is 0.143. The van der Waals surface area contributed by atoms with Gasteiger partial charge < -0.3 is 15.7 Å². The number of amides is 1. The van der Waals surface area contributed by atoms with Gasteiger partial charge in [-0.15, -0.1) is 0 Å². The lowest BCUT2D eigenvalue weighted by Gasteiger charge is -2.37. The Morgan fingerprint density at radius 1 is 1.29 bits per heavy atom. The maximum atomic E-state index is 12.4. The van der Waals surface area contributed by atoms with Gasteiger partial charge in [0.15, 0.2) is 0 Å². The van der Waals surface area contributed by atoms with Crippen LogP contribution in [-0.2, 0) is 4.79 Å². The molecule has 0 radical (unpaired) electrons. The van der Waals surface area contributed by atoms with E-state index < -0.39 is 0 Å². The molecule has 0 aromatic carbocycles. The van der Waals surface area contributed by atoms with E-state index in [1.54, 1.807) is 0 Å². The van der Waals surface area contributed by atoms with Crippen LogP contribution in [0.15, 0.2) is 0 Å². The number of carbonyl (C=O) groups excluding carboxylic acids is 1. The molecule has 17 heavy (non-hydrogen) atoms. The number of aliphatic hydroxyl groups excluding tert-OH is 1. The van der Waals surface area contributed by atoms with Crippen molar-refractivity contribution < 1.29 is 9.90 Å². The molecule has 1 heterocycles. The highest BCUT2D eigenvalue weighted by Gasteiger charge is 2.34. The third kappa shape index (κ3) is 2.99. The lowest BCUT2D eigenvalue weighted by molar-refractivity contribution is -0.139. The maximum Gasteiger partial charge on any atom is 0.225 e. The summed E-state index contributed by atoms with van der Waals surface area (Å²) in [5.41, 5.74) is 5.88. The van der Waals surface area contributed by atoms with Gasteiger partial charge >= 0.3 is 0 Å². The summed E-state index contributed by atoms with van der Waals surface area (Å²) in [5.74, 6) is 0.431. The first kappa shape index (κ1) is 12.8. The molecule has 0 aromatic rings. The normalized spacial score (nSPS) is 34.0. The van der Waals surface area contributed by atoms with E-state index in [1.807, 2.05) is 4.90 Å². The number of nitrogens with two attached hydrogens (primary N) is 1. The highest BCUT2D eigenvalue weighted by Crippen LogP contribution is 2.29. The summed E-state index contributed by atoms with van der Waals surface area (Å²) in [5, 5.41) is 9.07. The van der Waals surface area contributed by atoms with Crippen LogP contribution in [0.25, 0.3) is 0 Å². The van der Waals surface area contributed by atoms with Crippen LogP contribution in [0, 0.1) is 5.92 Å². The first-order valence-corrected chi connectivity index (χ1v) is 6.89. The number of rotatable bonds is 3. The van der Waals surface area contributed by atoms with Crippen molar-refractivity contribution in [1.29, 1.82) is 0 Å². The molecule has 1 amide bonds. The van der Waals surface area contributed by atoms with Crippen LogP contribution in [0.4, 0.5) is 0 Å². The van der Waals surface area contributed by atoms with E-state index in [0.717, 1.165) is 45.1 Å². The summed E-state index contributed by atoms with van der Waals surface area (Å²) in [4.78, 5) is 14.4. The molecule has 0 aromatic heterocycles. The monoisotopic (exact) mass is 240 g/mol. The number of carbonyl (C=O) groups is 1. The molecule has 2 aliphatic rings. The second kappa shape index (κ2) is 5.83. The van der Waals surface area contributed by atoms with Gasteiger partial charge in [0.1, 0.15) is 0 Å². The topological polar surface area (TPSA) is 66.6 Å². The number of hydrogen-bond donors (Lipinski definition) is 2. The van der Waals surface area contributed by atoms with E-state index in [1.165, 1.54) is 6.42 Å². The summed E-state index contributed by atoms with van der Waals surface area (Å²) in [6.07, 6.45) is 6.83. The quantitative estimate of drug-likeness (QED) is 0.769. The summed E-state index contributed by atoms with van der Waals surface area (Å²) in [6.45, 7) is 1.05. The van der Waals surface area contributed by atoms with Gasteiger partial charge in [0, 0.05) is 31.2 Å². The number of likely N-dealkylation sites (tertiary alicyclic amines) is 1. The fourth-order valence-corrected chi connectivity index (χ4v) is 3.22. The molecular formula is C13H24N2O2. The Kier molecular flexibility index (Phi) is 4.40. The molecule has 2 fully saturated rings. The van der Waals surface area contributed by atoms with Crippen LogP contribution in [0.2, 0.25) is 0 Å². The second-order valence-electron chi connectivity index (χ2n) is 5.46. The average molecular weight is 240 g/mol. The molecule has 1 aliphatic carbocycles. The van der Waals surface area contributed by atoms with Crippen LogP contribution in [0.1, 0.15) is 44.9 Å². The minimum Gasteiger partial charge on any atom is -0.396 e. The molecule has 3 N–H and O–H groups in total. The molecule has 4 nitrogen and oxygen atoms in total. The first-order valence-electron chi connectivity index (χ1n) is 6.89. The van der Waals surface area contributed by atoms with Crippen LogP contribution in [-0.4, -0.2) is 41.1 Å². The van der Waals surface area contributed by atoms with Crippen LogP contribution in [0.3, 0.4) is 0 Å². The third-order valence-electron chi connectivity index (χ3n) is 4.19. The highest BCUT2D eigenvalue weighted by atomic mass is 16.3. The van der Waals surface area contributed by atoms with E-state index in [0.29, 0.717) is 0 Å². The third-order valence-corrected chi connectivity index (χ3v) is 4.19. The summed E-state index contributed by atoms with van der Waals surface area (Å²) in [6, 6.07) is 0.475. The van der Waals surface area contributed by atoms with Crippen LogP contribution < -0.4 is 5.73 Å². The van der Waals surface area contributed by atoms with Gasteiger partial charge in [-0.3, -0.25) is 4.79 Å². The van der Waals surface area contributed by atoms with E-state index >= 15 is 0 Å². The zero-order valence-corrected chi connectivity index (χ0v) is 10.5. The zero-order chi connectivity index (χ0) is 12.3. The predicted octanol–water partition coefficient (Wildman–Crippen LogP) is 0.877. The number of nitrogens with zero attached hydrogens (tertiary/aromatic N) is 1. The van der Waals surface area contributed by atoms with E-state index in [4.69, 9.17) is 10.8 Å². The molecule has 4 heteroatoms. The highest BCUT2D eigenvalue weighted by molar-refractivity contribution is 5.79. The van der Waals surface area contributed by atoms with Gasteiger partial charge in [-0.25, -0.2) is 0 Å². The maximum absolute atomic E-state index is 12.4. The summed E-state index contributed by atoms with van der Waals surface area (Å²) >= 11 is 0. The molecule has 3 atom stereocenters. The molecule has 0 spiro atoms. The molecule has 0 bridgehead atoms.